The van der Waals surface area contributed by atoms with Crippen LogP contribution >= 0.6 is 11.8 Å². The third-order valence-corrected chi connectivity index (χ3v) is 6.31. The fraction of sp³-hybridized carbons (Fsp3) is 0.227. The zero-order valence-corrected chi connectivity index (χ0v) is 17.5. The number of rotatable bonds is 5. The second-order valence-electron chi connectivity index (χ2n) is 7.27. The maximum Gasteiger partial charge on any atom is 0.278 e. The molecule has 7 nitrogen and oxygen atoms in total. The van der Waals surface area contributed by atoms with E-state index in [4.69, 9.17) is 4.74 Å². The molecule has 0 aliphatic carbocycles. The molecule has 3 heterocycles. The Hall–Kier alpha value is -3.33. The summed E-state index contributed by atoms with van der Waals surface area (Å²) in [7, 11) is 1.59. The molecule has 9 heteroatoms. The van der Waals surface area contributed by atoms with Crippen LogP contribution in [0.1, 0.15) is 5.56 Å². The molecule has 0 saturated carbocycles. The zero-order valence-electron chi connectivity index (χ0n) is 16.7. The summed E-state index contributed by atoms with van der Waals surface area (Å²) in [5, 5.41) is 4.04. The first-order valence-electron chi connectivity index (χ1n) is 9.80. The van der Waals surface area contributed by atoms with Crippen LogP contribution in [0.5, 0.6) is 5.75 Å². The number of halogens is 1. The quantitative estimate of drug-likeness (QED) is 0.485. The molecule has 1 N–H and O–H groups in total. The van der Waals surface area contributed by atoms with Crippen molar-refractivity contribution in [3.8, 4) is 5.75 Å². The number of fused-ring (bicyclic) bond motifs is 4. The van der Waals surface area contributed by atoms with Crippen molar-refractivity contribution in [3.63, 3.8) is 0 Å². The minimum Gasteiger partial charge on any atom is -0.497 e. The lowest BCUT2D eigenvalue weighted by Gasteiger charge is -2.10. The Bertz CT molecular complexity index is 1400. The summed E-state index contributed by atoms with van der Waals surface area (Å²) in [6.07, 6.45) is 0. The summed E-state index contributed by atoms with van der Waals surface area (Å²) >= 11 is 1.50. The van der Waals surface area contributed by atoms with Crippen molar-refractivity contribution in [1.82, 2.24) is 19.4 Å². The molecule has 2 aromatic carbocycles. The van der Waals surface area contributed by atoms with Gasteiger partial charge in [-0.25, -0.2) is 9.37 Å². The van der Waals surface area contributed by atoms with Gasteiger partial charge in [0, 0.05) is 24.2 Å². The largest absolute Gasteiger partial charge is 0.497 e. The summed E-state index contributed by atoms with van der Waals surface area (Å²) in [5.41, 5.74) is 2.05. The topological polar surface area (TPSA) is 78.2 Å². The number of thioether (sulfide) groups is 1. The molecule has 0 radical (unpaired) electrons. The van der Waals surface area contributed by atoms with Crippen LogP contribution in [0.25, 0.3) is 21.9 Å². The fourth-order valence-corrected chi connectivity index (χ4v) is 4.83. The van der Waals surface area contributed by atoms with Crippen LogP contribution in [0.3, 0.4) is 0 Å². The molecule has 4 aromatic rings. The van der Waals surface area contributed by atoms with E-state index in [2.05, 4.69) is 10.3 Å². The van der Waals surface area contributed by atoms with Crippen LogP contribution in [-0.4, -0.2) is 32.9 Å². The van der Waals surface area contributed by atoms with Gasteiger partial charge < -0.3 is 14.6 Å². The lowest BCUT2D eigenvalue weighted by atomic mass is 10.2. The van der Waals surface area contributed by atoms with Crippen molar-refractivity contribution < 1.29 is 13.9 Å². The molecule has 0 unspecified atom stereocenters. The van der Waals surface area contributed by atoms with Gasteiger partial charge >= 0.3 is 0 Å². The van der Waals surface area contributed by atoms with Crippen molar-refractivity contribution in [3.05, 3.63) is 64.2 Å². The lowest BCUT2D eigenvalue weighted by Crippen LogP contribution is -2.29. The van der Waals surface area contributed by atoms with Gasteiger partial charge in [0.05, 0.1) is 12.6 Å². The van der Waals surface area contributed by atoms with E-state index >= 15 is 0 Å². The number of aromatic nitrogens is 3. The molecule has 0 atom stereocenters. The van der Waals surface area contributed by atoms with Crippen molar-refractivity contribution in [2.45, 2.75) is 24.8 Å². The highest BCUT2D eigenvalue weighted by atomic mass is 32.2. The monoisotopic (exact) mass is 438 g/mol. The highest BCUT2D eigenvalue weighted by Crippen LogP contribution is 2.30. The van der Waals surface area contributed by atoms with E-state index in [0.29, 0.717) is 45.9 Å². The summed E-state index contributed by atoms with van der Waals surface area (Å²) in [4.78, 5) is 30.6. The van der Waals surface area contributed by atoms with Crippen LogP contribution in [0.2, 0.25) is 0 Å². The van der Waals surface area contributed by atoms with Gasteiger partial charge in [0.25, 0.3) is 5.56 Å². The number of hydrogen-bond acceptors (Lipinski definition) is 5. The molecule has 2 aromatic heterocycles. The normalized spacial score (nSPS) is 13.0. The van der Waals surface area contributed by atoms with Gasteiger partial charge in [0.1, 0.15) is 29.1 Å². The first kappa shape index (κ1) is 19.6. The number of methoxy groups -OCH3 is 1. The maximum absolute atomic E-state index is 14.0. The van der Waals surface area contributed by atoms with Gasteiger partial charge in [-0.05, 0) is 35.9 Å². The number of benzene rings is 2. The SMILES string of the molecule is COc1cccc(CNC(=O)Cn2c3ccc(F)cc3c3nc4n(c(=O)c32)CCS4)c1. The Morgan fingerprint density at radius 3 is 3.00 bits per heavy atom. The second kappa shape index (κ2) is 7.73. The average Bonchev–Trinajstić information content (AvgIpc) is 3.36. The van der Waals surface area contributed by atoms with Crippen LogP contribution < -0.4 is 15.6 Å². The van der Waals surface area contributed by atoms with E-state index < -0.39 is 5.82 Å². The first-order valence-corrected chi connectivity index (χ1v) is 10.8. The molecule has 0 bridgehead atoms. The van der Waals surface area contributed by atoms with E-state index in [1.54, 1.807) is 22.3 Å². The Morgan fingerprint density at radius 1 is 1.29 bits per heavy atom. The van der Waals surface area contributed by atoms with Crippen molar-refractivity contribution in [1.29, 1.82) is 0 Å². The number of hydrogen-bond donors (Lipinski definition) is 1. The summed E-state index contributed by atoms with van der Waals surface area (Å²) in [5.74, 6) is 0.804. The average molecular weight is 438 g/mol. The van der Waals surface area contributed by atoms with Crippen LogP contribution in [0, 0.1) is 5.82 Å². The predicted molar refractivity (Wildman–Crippen MR) is 117 cm³/mol. The number of carbonyl (C=O) groups is 1. The van der Waals surface area contributed by atoms with Crippen LogP contribution in [0.4, 0.5) is 4.39 Å². The molecule has 0 spiro atoms. The predicted octanol–water partition coefficient (Wildman–Crippen LogP) is 2.92. The lowest BCUT2D eigenvalue weighted by molar-refractivity contribution is -0.121. The highest BCUT2D eigenvalue weighted by Gasteiger charge is 2.23. The van der Waals surface area contributed by atoms with Gasteiger partial charge in [0.2, 0.25) is 5.91 Å². The minimum atomic E-state index is -0.413. The number of amides is 1. The molecule has 158 valence electrons. The van der Waals surface area contributed by atoms with Crippen molar-refractivity contribution in [2.24, 2.45) is 0 Å². The van der Waals surface area contributed by atoms with Gasteiger partial charge in [0.15, 0.2) is 5.16 Å². The third kappa shape index (κ3) is 3.44. The molecular weight excluding hydrogens is 419 g/mol. The van der Waals surface area contributed by atoms with E-state index in [-0.39, 0.29) is 18.0 Å². The van der Waals surface area contributed by atoms with E-state index in [9.17, 15) is 14.0 Å². The molecule has 5 rings (SSSR count). The highest BCUT2D eigenvalue weighted by molar-refractivity contribution is 7.99. The van der Waals surface area contributed by atoms with E-state index in [1.165, 1.54) is 23.9 Å². The van der Waals surface area contributed by atoms with E-state index in [1.807, 2.05) is 24.3 Å². The zero-order chi connectivity index (χ0) is 21.5. The smallest absolute Gasteiger partial charge is 0.278 e. The standard InChI is InChI=1S/C22H19FN4O3S/c1-30-15-4-2-3-13(9-15)11-24-18(28)12-27-17-6-5-14(23)10-16(17)19-20(27)21(29)26-7-8-31-22(26)25-19/h2-6,9-10H,7-8,11-12H2,1H3,(H,24,28). The number of nitrogens with zero attached hydrogens (tertiary/aromatic N) is 3. The fourth-order valence-electron chi connectivity index (χ4n) is 3.89. The number of carbonyl (C=O) groups excluding carboxylic acids is 1. The summed E-state index contributed by atoms with van der Waals surface area (Å²) in [6.45, 7) is 0.823. The number of ether oxygens (including phenoxy) is 1. The van der Waals surface area contributed by atoms with Gasteiger partial charge in [-0.2, -0.15) is 0 Å². The second-order valence-corrected chi connectivity index (χ2v) is 8.33. The van der Waals surface area contributed by atoms with Crippen LogP contribution in [-0.2, 0) is 24.4 Å². The summed E-state index contributed by atoms with van der Waals surface area (Å²) < 4.78 is 22.4. The third-order valence-electron chi connectivity index (χ3n) is 5.36. The van der Waals surface area contributed by atoms with Crippen molar-refractivity contribution >= 4 is 39.6 Å². The molecule has 31 heavy (non-hydrogen) atoms. The summed E-state index contributed by atoms with van der Waals surface area (Å²) in [6, 6.07) is 11.7. The molecule has 1 aliphatic rings. The van der Waals surface area contributed by atoms with Gasteiger partial charge in [-0.15, -0.1) is 0 Å². The van der Waals surface area contributed by atoms with Crippen LogP contribution in [0.15, 0.2) is 52.4 Å². The Kier molecular flexibility index (Phi) is 4.90. The molecule has 1 amide bonds. The molecule has 0 saturated heterocycles. The number of nitrogens with one attached hydrogen (secondary N) is 1. The maximum atomic E-state index is 14.0. The molecule has 1 aliphatic heterocycles. The first-order chi connectivity index (χ1) is 15.0. The van der Waals surface area contributed by atoms with Gasteiger partial charge in [-0.3, -0.25) is 14.2 Å². The molecule has 0 fully saturated rings. The van der Waals surface area contributed by atoms with E-state index in [0.717, 1.165) is 11.3 Å². The minimum absolute atomic E-state index is 0.0704. The Morgan fingerprint density at radius 2 is 2.16 bits per heavy atom. The van der Waals surface area contributed by atoms with Crippen molar-refractivity contribution in [2.75, 3.05) is 12.9 Å². The Labute approximate surface area is 180 Å². The Balaban J connectivity index is 1.52. The molecular formula is C22H19FN4O3S. The van der Waals surface area contributed by atoms with Gasteiger partial charge in [-0.1, -0.05) is 23.9 Å².